The van der Waals surface area contributed by atoms with Crippen molar-refractivity contribution in [2.24, 2.45) is 0 Å². The van der Waals surface area contributed by atoms with Crippen LogP contribution in [0.5, 0.6) is 5.75 Å². The minimum Gasteiger partial charge on any atom is -0.491 e. The predicted octanol–water partition coefficient (Wildman–Crippen LogP) is 4.50. The summed E-state index contributed by atoms with van der Waals surface area (Å²) < 4.78 is 5.95. The average molecular weight is 284 g/mol. The van der Waals surface area contributed by atoms with E-state index in [1.54, 1.807) is 0 Å². The van der Waals surface area contributed by atoms with Gasteiger partial charge in [0.1, 0.15) is 5.75 Å². The van der Waals surface area contributed by atoms with Gasteiger partial charge in [0.25, 0.3) is 0 Å². The Hall–Kier alpha value is -0.730. The quantitative estimate of drug-likeness (QED) is 0.744. The normalized spacial score (nSPS) is 12.8. The number of rotatable bonds is 7. The molecule has 0 aliphatic carbocycles. The molecule has 1 atom stereocenters. The van der Waals surface area contributed by atoms with E-state index in [1.807, 2.05) is 26.0 Å². The summed E-state index contributed by atoms with van der Waals surface area (Å²) in [5.41, 5.74) is 2.15. The van der Waals surface area contributed by atoms with Gasteiger partial charge in [0.15, 0.2) is 0 Å². The van der Waals surface area contributed by atoms with E-state index in [0.717, 1.165) is 41.3 Å². The average Bonchev–Trinajstić information content (AvgIpc) is 2.31. The third-order valence-corrected chi connectivity index (χ3v) is 3.68. The lowest BCUT2D eigenvalue weighted by Gasteiger charge is -2.17. The molecule has 0 aliphatic heterocycles. The monoisotopic (exact) mass is 283 g/mol. The van der Waals surface area contributed by atoms with Gasteiger partial charge >= 0.3 is 0 Å². The number of aryl methyl sites for hydroxylation is 2. The van der Waals surface area contributed by atoms with Gasteiger partial charge in [0.05, 0.1) is 6.10 Å². The highest BCUT2D eigenvalue weighted by molar-refractivity contribution is 6.32. The van der Waals surface area contributed by atoms with Crippen LogP contribution in [0.3, 0.4) is 0 Å². The first kappa shape index (κ1) is 16.3. The van der Waals surface area contributed by atoms with E-state index >= 15 is 0 Å². The van der Waals surface area contributed by atoms with Crippen LogP contribution in [0.1, 0.15) is 44.7 Å². The maximum atomic E-state index is 6.15. The van der Waals surface area contributed by atoms with Crippen LogP contribution in [0.15, 0.2) is 12.1 Å². The number of benzene rings is 1. The Labute approximate surface area is 122 Å². The van der Waals surface area contributed by atoms with Crippen LogP contribution in [0, 0.1) is 13.8 Å². The Bertz CT molecular complexity index is 381. The Morgan fingerprint density at radius 2 is 1.74 bits per heavy atom. The summed E-state index contributed by atoms with van der Waals surface area (Å²) in [5, 5.41) is 4.25. The molecular weight excluding hydrogens is 258 g/mol. The third kappa shape index (κ3) is 5.84. The Kier molecular flexibility index (Phi) is 6.67. The van der Waals surface area contributed by atoms with E-state index < -0.39 is 0 Å². The minimum atomic E-state index is 0.230. The SMILES string of the molecule is Cc1cc(OC(C)CCCNC(C)C)cc(C)c1Cl. The Balaban J connectivity index is 2.42. The topological polar surface area (TPSA) is 21.3 Å². The van der Waals surface area contributed by atoms with Gasteiger partial charge in [-0.2, -0.15) is 0 Å². The highest BCUT2D eigenvalue weighted by Crippen LogP contribution is 2.26. The van der Waals surface area contributed by atoms with Crippen molar-refractivity contribution in [1.82, 2.24) is 5.32 Å². The highest BCUT2D eigenvalue weighted by Gasteiger charge is 2.07. The molecule has 0 saturated heterocycles. The molecule has 0 amide bonds. The van der Waals surface area contributed by atoms with E-state index in [9.17, 15) is 0 Å². The molecule has 1 rings (SSSR count). The molecular formula is C16H26ClNO. The number of ether oxygens (including phenoxy) is 1. The van der Waals surface area contributed by atoms with Crippen molar-refractivity contribution in [3.63, 3.8) is 0 Å². The first-order valence-corrected chi connectivity index (χ1v) is 7.44. The van der Waals surface area contributed by atoms with Gasteiger partial charge in [0.2, 0.25) is 0 Å². The fraction of sp³-hybridized carbons (Fsp3) is 0.625. The van der Waals surface area contributed by atoms with Gasteiger partial charge in [-0.25, -0.2) is 0 Å². The van der Waals surface area contributed by atoms with Crippen LogP contribution in [0.25, 0.3) is 0 Å². The first-order valence-electron chi connectivity index (χ1n) is 7.07. The zero-order valence-corrected chi connectivity index (χ0v) is 13.5. The lowest BCUT2D eigenvalue weighted by atomic mass is 10.1. The lowest BCUT2D eigenvalue weighted by Crippen LogP contribution is -2.25. The number of hydrogen-bond acceptors (Lipinski definition) is 2. The fourth-order valence-corrected chi connectivity index (χ4v) is 2.15. The van der Waals surface area contributed by atoms with Crippen LogP contribution >= 0.6 is 11.6 Å². The first-order chi connectivity index (χ1) is 8.90. The molecule has 0 spiro atoms. The maximum Gasteiger partial charge on any atom is 0.120 e. The zero-order valence-electron chi connectivity index (χ0n) is 12.7. The second kappa shape index (κ2) is 7.76. The summed E-state index contributed by atoms with van der Waals surface area (Å²) >= 11 is 6.15. The largest absolute Gasteiger partial charge is 0.491 e. The summed E-state index contributed by atoms with van der Waals surface area (Å²) in [4.78, 5) is 0. The molecule has 0 heterocycles. The van der Waals surface area contributed by atoms with Crippen molar-refractivity contribution < 1.29 is 4.74 Å². The van der Waals surface area contributed by atoms with Gasteiger partial charge in [-0.15, -0.1) is 0 Å². The van der Waals surface area contributed by atoms with Crippen LogP contribution < -0.4 is 10.1 Å². The molecule has 0 aliphatic rings. The molecule has 19 heavy (non-hydrogen) atoms. The summed E-state index contributed by atoms with van der Waals surface area (Å²) in [5.74, 6) is 0.920. The molecule has 1 aromatic carbocycles. The van der Waals surface area contributed by atoms with Crippen molar-refractivity contribution in [2.75, 3.05) is 6.54 Å². The molecule has 0 fully saturated rings. The summed E-state index contributed by atoms with van der Waals surface area (Å²) in [6.45, 7) is 11.5. The van der Waals surface area contributed by atoms with E-state index in [0.29, 0.717) is 6.04 Å². The van der Waals surface area contributed by atoms with E-state index in [4.69, 9.17) is 16.3 Å². The molecule has 3 heteroatoms. The van der Waals surface area contributed by atoms with Crippen LogP contribution in [0.4, 0.5) is 0 Å². The van der Waals surface area contributed by atoms with Crippen molar-refractivity contribution in [3.05, 3.63) is 28.3 Å². The number of hydrogen-bond donors (Lipinski definition) is 1. The van der Waals surface area contributed by atoms with E-state index in [1.165, 1.54) is 0 Å². The van der Waals surface area contributed by atoms with Crippen molar-refractivity contribution in [2.45, 2.75) is 59.6 Å². The van der Waals surface area contributed by atoms with Crippen LogP contribution in [-0.4, -0.2) is 18.7 Å². The molecule has 0 bridgehead atoms. The smallest absolute Gasteiger partial charge is 0.120 e. The van der Waals surface area contributed by atoms with Crippen molar-refractivity contribution in [3.8, 4) is 5.75 Å². The van der Waals surface area contributed by atoms with Gasteiger partial charge in [0, 0.05) is 11.1 Å². The molecule has 0 saturated carbocycles. The summed E-state index contributed by atoms with van der Waals surface area (Å²) in [6.07, 6.45) is 2.42. The predicted molar refractivity (Wildman–Crippen MR) is 83.4 cm³/mol. The number of nitrogens with one attached hydrogen (secondary N) is 1. The Morgan fingerprint density at radius 3 is 2.26 bits per heavy atom. The van der Waals surface area contributed by atoms with Crippen LogP contribution in [-0.2, 0) is 0 Å². The Morgan fingerprint density at radius 1 is 1.16 bits per heavy atom. The minimum absolute atomic E-state index is 0.230. The van der Waals surface area contributed by atoms with Gasteiger partial charge in [-0.3, -0.25) is 0 Å². The van der Waals surface area contributed by atoms with E-state index in [-0.39, 0.29) is 6.10 Å². The van der Waals surface area contributed by atoms with E-state index in [2.05, 4.69) is 26.1 Å². The summed E-state index contributed by atoms with van der Waals surface area (Å²) in [6, 6.07) is 4.58. The molecule has 1 aromatic rings. The highest BCUT2D eigenvalue weighted by atomic mass is 35.5. The van der Waals surface area contributed by atoms with Crippen molar-refractivity contribution in [1.29, 1.82) is 0 Å². The summed E-state index contributed by atoms with van der Waals surface area (Å²) in [7, 11) is 0. The molecule has 1 unspecified atom stereocenters. The van der Waals surface area contributed by atoms with Gasteiger partial charge in [-0.1, -0.05) is 25.4 Å². The zero-order chi connectivity index (χ0) is 14.4. The molecule has 0 radical (unpaired) electrons. The van der Waals surface area contributed by atoms with Gasteiger partial charge in [-0.05, 0) is 63.4 Å². The second-order valence-electron chi connectivity index (χ2n) is 5.55. The third-order valence-electron chi connectivity index (χ3n) is 3.09. The second-order valence-corrected chi connectivity index (χ2v) is 5.93. The number of halogens is 1. The molecule has 2 nitrogen and oxygen atoms in total. The standard InChI is InChI=1S/C16H26ClNO/c1-11(2)18-8-6-7-14(5)19-15-9-12(3)16(17)13(4)10-15/h9-11,14,18H,6-8H2,1-5H3. The molecule has 1 N–H and O–H groups in total. The maximum absolute atomic E-state index is 6.15. The molecule has 108 valence electrons. The fourth-order valence-electron chi connectivity index (χ4n) is 2.05. The lowest BCUT2D eigenvalue weighted by molar-refractivity contribution is 0.207. The van der Waals surface area contributed by atoms with Crippen molar-refractivity contribution >= 4 is 11.6 Å². The molecule has 0 aromatic heterocycles. The van der Waals surface area contributed by atoms with Crippen LogP contribution in [0.2, 0.25) is 5.02 Å². The van der Waals surface area contributed by atoms with Gasteiger partial charge < -0.3 is 10.1 Å².